The number of carbonyl (C=O) groups excluding carboxylic acids is 2. The second kappa shape index (κ2) is 8.12. The first-order chi connectivity index (χ1) is 14.9. The molecule has 5 rings (SSSR count). The van der Waals surface area contributed by atoms with Crippen LogP contribution in [0.3, 0.4) is 0 Å². The maximum Gasteiger partial charge on any atom is 0.230 e. The number of aliphatic hydroxyl groups excluding tert-OH is 1. The summed E-state index contributed by atoms with van der Waals surface area (Å²) in [4.78, 5) is 30.2. The van der Waals surface area contributed by atoms with Gasteiger partial charge in [0.2, 0.25) is 11.8 Å². The number of benzene rings is 1. The Bertz CT molecular complexity index is 860. The predicted octanol–water partition coefficient (Wildman–Crippen LogP) is 3.47. The average molecular weight is 426 g/mol. The Balaban J connectivity index is 1.28. The van der Waals surface area contributed by atoms with Crippen molar-refractivity contribution >= 4 is 23.2 Å². The number of hydrogen-bond donors (Lipinski definition) is 2. The maximum absolute atomic E-state index is 13.6. The molecule has 2 amide bonds. The summed E-state index contributed by atoms with van der Waals surface area (Å²) in [6, 6.07) is 6.48. The lowest BCUT2D eigenvalue weighted by atomic mass is 9.78. The molecule has 0 unspecified atom stereocenters. The number of anilines is 2. The van der Waals surface area contributed by atoms with Crippen molar-refractivity contribution in [1.29, 1.82) is 0 Å². The lowest BCUT2D eigenvalue weighted by Gasteiger charge is -2.42. The minimum atomic E-state index is -0.264. The van der Waals surface area contributed by atoms with Crippen molar-refractivity contribution in [2.75, 3.05) is 29.9 Å². The highest BCUT2D eigenvalue weighted by Gasteiger charge is 2.50. The van der Waals surface area contributed by atoms with Gasteiger partial charge in [0.25, 0.3) is 0 Å². The number of amides is 2. The first-order valence-electron chi connectivity index (χ1n) is 12.1. The van der Waals surface area contributed by atoms with Crippen LogP contribution in [-0.2, 0) is 9.59 Å². The summed E-state index contributed by atoms with van der Waals surface area (Å²) in [6.45, 7) is 4.71. The molecule has 0 bridgehead atoms. The van der Waals surface area contributed by atoms with Crippen molar-refractivity contribution in [3.8, 4) is 0 Å². The summed E-state index contributed by atoms with van der Waals surface area (Å²) >= 11 is 0. The van der Waals surface area contributed by atoms with E-state index in [4.69, 9.17) is 0 Å². The molecule has 2 saturated carbocycles. The van der Waals surface area contributed by atoms with Gasteiger partial charge in [-0.05, 0) is 88.5 Å². The van der Waals surface area contributed by atoms with E-state index < -0.39 is 0 Å². The van der Waals surface area contributed by atoms with E-state index in [1.54, 1.807) is 0 Å². The molecular formula is C25H35N3O3. The van der Waals surface area contributed by atoms with Crippen molar-refractivity contribution in [2.45, 2.75) is 76.9 Å². The molecule has 2 heterocycles. The topological polar surface area (TPSA) is 72.9 Å². The zero-order valence-electron chi connectivity index (χ0n) is 18.6. The number of rotatable bonds is 4. The van der Waals surface area contributed by atoms with Crippen LogP contribution in [0, 0.1) is 18.3 Å². The van der Waals surface area contributed by atoms with E-state index in [9.17, 15) is 14.7 Å². The third kappa shape index (κ3) is 4.07. The Morgan fingerprint density at radius 2 is 1.87 bits per heavy atom. The van der Waals surface area contributed by atoms with E-state index >= 15 is 0 Å². The van der Waals surface area contributed by atoms with Crippen LogP contribution in [0.2, 0.25) is 0 Å². The zero-order valence-corrected chi connectivity index (χ0v) is 18.6. The summed E-state index contributed by atoms with van der Waals surface area (Å²) in [5.74, 6) is 0.672. The second-order valence-corrected chi connectivity index (χ2v) is 10.3. The minimum absolute atomic E-state index is 0.135. The quantitative estimate of drug-likeness (QED) is 0.775. The van der Waals surface area contributed by atoms with Gasteiger partial charge in [0.15, 0.2) is 0 Å². The lowest BCUT2D eigenvalue weighted by molar-refractivity contribution is -0.139. The molecule has 1 atom stereocenters. The molecule has 168 valence electrons. The molecule has 31 heavy (non-hydrogen) atoms. The maximum atomic E-state index is 13.6. The smallest absolute Gasteiger partial charge is 0.230 e. The molecule has 1 spiro atoms. The molecule has 4 fully saturated rings. The van der Waals surface area contributed by atoms with E-state index in [-0.39, 0.29) is 23.3 Å². The van der Waals surface area contributed by atoms with Crippen LogP contribution in [0.5, 0.6) is 0 Å². The number of nitrogens with one attached hydrogen (secondary N) is 1. The fraction of sp³-hybridized carbons (Fsp3) is 0.680. The number of piperidine rings is 1. The van der Waals surface area contributed by atoms with Gasteiger partial charge in [-0.25, -0.2) is 0 Å². The highest BCUT2D eigenvalue weighted by Crippen LogP contribution is 2.44. The number of likely N-dealkylation sites (tertiary alicyclic amines) is 1. The molecule has 2 aliphatic carbocycles. The second-order valence-electron chi connectivity index (χ2n) is 10.3. The Morgan fingerprint density at radius 1 is 1.10 bits per heavy atom. The molecule has 4 aliphatic rings. The van der Waals surface area contributed by atoms with Gasteiger partial charge >= 0.3 is 0 Å². The van der Waals surface area contributed by atoms with Gasteiger partial charge < -0.3 is 20.2 Å². The van der Waals surface area contributed by atoms with Crippen LogP contribution >= 0.6 is 0 Å². The largest absolute Gasteiger partial charge is 0.393 e. The number of aryl methyl sites for hydroxylation is 1. The predicted molar refractivity (Wildman–Crippen MR) is 121 cm³/mol. The molecule has 2 saturated heterocycles. The summed E-state index contributed by atoms with van der Waals surface area (Å²) in [7, 11) is 0. The molecule has 2 N–H and O–H groups in total. The zero-order chi connectivity index (χ0) is 21.6. The van der Waals surface area contributed by atoms with Gasteiger partial charge in [0.1, 0.15) is 0 Å². The van der Waals surface area contributed by atoms with Gasteiger partial charge in [-0.3, -0.25) is 9.59 Å². The van der Waals surface area contributed by atoms with Crippen molar-refractivity contribution in [3.63, 3.8) is 0 Å². The first-order valence-corrected chi connectivity index (χ1v) is 12.1. The molecule has 6 heteroatoms. The van der Waals surface area contributed by atoms with Crippen molar-refractivity contribution < 1.29 is 14.7 Å². The fourth-order valence-corrected chi connectivity index (χ4v) is 5.96. The standard InChI is InChI=1S/C25H35N3O3/c1-17-15-19(26-23(30)18-3-4-18)5-10-22(17)27-13-2-11-25(16-27)12-14-28(24(25)31)20-6-8-21(29)9-7-20/h5,10,15,18,20-21,29H,2-4,6-9,11-14,16H2,1H3,(H,26,30)/t20?,21?,25-/m1/s1. The van der Waals surface area contributed by atoms with Gasteiger partial charge in [-0.2, -0.15) is 0 Å². The van der Waals surface area contributed by atoms with Crippen LogP contribution in [0.25, 0.3) is 0 Å². The number of carbonyl (C=O) groups is 2. The van der Waals surface area contributed by atoms with E-state index in [1.807, 2.05) is 6.07 Å². The molecule has 0 radical (unpaired) electrons. The van der Waals surface area contributed by atoms with E-state index in [0.29, 0.717) is 11.9 Å². The van der Waals surface area contributed by atoms with Crippen LogP contribution in [0.4, 0.5) is 11.4 Å². The first kappa shape index (κ1) is 20.8. The van der Waals surface area contributed by atoms with Crippen molar-refractivity contribution in [1.82, 2.24) is 4.90 Å². The number of nitrogens with zero attached hydrogens (tertiary/aromatic N) is 2. The van der Waals surface area contributed by atoms with Gasteiger partial charge in [-0.1, -0.05) is 0 Å². The summed E-state index contributed by atoms with van der Waals surface area (Å²) in [5.41, 5.74) is 2.93. The van der Waals surface area contributed by atoms with Crippen molar-refractivity contribution in [2.24, 2.45) is 11.3 Å². The number of aliphatic hydroxyl groups is 1. The highest BCUT2D eigenvalue weighted by atomic mass is 16.3. The molecular weight excluding hydrogens is 390 g/mol. The summed E-state index contributed by atoms with van der Waals surface area (Å²) in [5, 5.41) is 12.9. The molecule has 0 aromatic heterocycles. The van der Waals surface area contributed by atoms with Crippen LogP contribution < -0.4 is 10.2 Å². The Morgan fingerprint density at radius 3 is 2.58 bits per heavy atom. The fourth-order valence-electron chi connectivity index (χ4n) is 5.96. The van der Waals surface area contributed by atoms with Gasteiger partial charge in [-0.15, -0.1) is 0 Å². The Hall–Kier alpha value is -2.08. The third-order valence-electron chi connectivity index (χ3n) is 7.98. The van der Waals surface area contributed by atoms with Crippen molar-refractivity contribution in [3.05, 3.63) is 23.8 Å². The molecule has 6 nitrogen and oxygen atoms in total. The molecule has 1 aromatic carbocycles. The van der Waals surface area contributed by atoms with Gasteiger partial charge in [0.05, 0.1) is 11.5 Å². The highest BCUT2D eigenvalue weighted by molar-refractivity contribution is 5.94. The summed E-state index contributed by atoms with van der Waals surface area (Å²) in [6.07, 6.45) is 8.26. The van der Waals surface area contributed by atoms with Crippen LogP contribution in [0.15, 0.2) is 18.2 Å². The average Bonchev–Trinajstić information content (AvgIpc) is 3.56. The third-order valence-corrected chi connectivity index (χ3v) is 7.98. The van der Waals surface area contributed by atoms with E-state index in [1.165, 1.54) is 5.69 Å². The van der Waals surface area contributed by atoms with Crippen LogP contribution in [-0.4, -0.2) is 53.6 Å². The SMILES string of the molecule is Cc1cc(NC(=O)C2CC2)ccc1N1CCC[C@@]2(CCN(C3CCC(O)CC3)C2=O)C1. The molecule has 1 aromatic rings. The van der Waals surface area contributed by atoms with E-state index in [2.05, 4.69) is 34.2 Å². The van der Waals surface area contributed by atoms with Crippen LogP contribution in [0.1, 0.15) is 63.4 Å². The monoisotopic (exact) mass is 425 g/mol. The Labute approximate surface area is 185 Å². The van der Waals surface area contributed by atoms with E-state index in [0.717, 1.165) is 88.7 Å². The minimum Gasteiger partial charge on any atom is -0.393 e. The molecule has 2 aliphatic heterocycles. The van der Waals surface area contributed by atoms with Gasteiger partial charge in [0, 0.05) is 43.0 Å². The summed E-state index contributed by atoms with van der Waals surface area (Å²) < 4.78 is 0. The number of hydrogen-bond acceptors (Lipinski definition) is 4. The normalized spacial score (nSPS) is 31.4. The lowest BCUT2D eigenvalue weighted by Crippen LogP contribution is -2.50. The Kier molecular flexibility index (Phi) is 5.45.